The second kappa shape index (κ2) is 6.16. The van der Waals surface area contributed by atoms with Gasteiger partial charge in [0, 0.05) is 17.1 Å². The van der Waals surface area contributed by atoms with Crippen LogP contribution in [0.4, 0.5) is 0 Å². The fourth-order valence-corrected chi connectivity index (χ4v) is 5.41. The first-order valence-electron chi connectivity index (χ1n) is 7.16. The minimum Gasteiger partial charge on any atom is -0.207 e. The van der Waals surface area contributed by atoms with Gasteiger partial charge >= 0.3 is 0 Å². The van der Waals surface area contributed by atoms with Crippen molar-refractivity contribution >= 4 is 26.0 Å². The molecule has 1 aliphatic heterocycles. The lowest BCUT2D eigenvalue weighted by molar-refractivity contribution is 0.246. The third kappa shape index (κ3) is 2.95. The molecule has 1 aromatic rings. The highest BCUT2D eigenvalue weighted by atomic mass is 79.9. The molecule has 2 rings (SSSR count). The minimum absolute atomic E-state index is 0.147. The molecule has 0 amide bonds. The van der Waals surface area contributed by atoms with Gasteiger partial charge in [0.1, 0.15) is 0 Å². The SMILES string of the molecule is CC[C@H]1CCCCN1S(=O)(=O)c1cc(Br)c(C)cc1C. The van der Waals surface area contributed by atoms with Gasteiger partial charge in [-0.1, -0.05) is 35.3 Å². The maximum absolute atomic E-state index is 12.9. The summed E-state index contributed by atoms with van der Waals surface area (Å²) >= 11 is 3.45. The summed E-state index contributed by atoms with van der Waals surface area (Å²) in [5.74, 6) is 0. The van der Waals surface area contributed by atoms with Gasteiger partial charge in [-0.2, -0.15) is 4.31 Å². The van der Waals surface area contributed by atoms with Crippen LogP contribution in [0, 0.1) is 13.8 Å². The fourth-order valence-electron chi connectivity index (χ4n) is 2.91. The standard InChI is InChI=1S/C15H22BrNO2S/c1-4-13-7-5-6-8-17(13)20(18,19)15-10-14(16)11(2)9-12(15)3/h9-10,13H,4-8H2,1-3H3/t13-/m0/s1. The Bertz CT molecular complexity index is 598. The lowest BCUT2D eigenvalue weighted by Gasteiger charge is -2.34. The Labute approximate surface area is 130 Å². The van der Waals surface area contributed by atoms with Crippen molar-refractivity contribution in [3.63, 3.8) is 0 Å². The molecule has 3 nitrogen and oxygen atoms in total. The van der Waals surface area contributed by atoms with Crippen LogP contribution in [0.15, 0.2) is 21.5 Å². The number of sulfonamides is 1. The van der Waals surface area contributed by atoms with Crippen molar-refractivity contribution in [3.8, 4) is 0 Å². The Morgan fingerprint density at radius 3 is 2.60 bits per heavy atom. The summed E-state index contributed by atoms with van der Waals surface area (Å²) in [4.78, 5) is 0.440. The molecule has 1 heterocycles. The maximum atomic E-state index is 12.9. The van der Waals surface area contributed by atoms with Gasteiger partial charge in [-0.3, -0.25) is 0 Å². The Morgan fingerprint density at radius 1 is 1.25 bits per heavy atom. The number of hydrogen-bond donors (Lipinski definition) is 0. The average Bonchev–Trinajstić information content (AvgIpc) is 2.42. The summed E-state index contributed by atoms with van der Waals surface area (Å²) < 4.78 is 28.5. The van der Waals surface area contributed by atoms with E-state index in [-0.39, 0.29) is 6.04 Å². The highest BCUT2D eigenvalue weighted by molar-refractivity contribution is 9.10. The summed E-state index contributed by atoms with van der Waals surface area (Å²) in [6, 6.07) is 3.83. The molecule has 0 bridgehead atoms. The fraction of sp³-hybridized carbons (Fsp3) is 0.600. The first kappa shape index (κ1) is 16.0. The van der Waals surface area contributed by atoms with E-state index in [4.69, 9.17) is 0 Å². The molecule has 0 aliphatic carbocycles. The van der Waals surface area contributed by atoms with Gasteiger partial charge in [0.25, 0.3) is 0 Å². The number of aryl methyl sites for hydroxylation is 2. The topological polar surface area (TPSA) is 37.4 Å². The van der Waals surface area contributed by atoms with E-state index in [1.807, 2.05) is 19.9 Å². The zero-order chi connectivity index (χ0) is 14.9. The van der Waals surface area contributed by atoms with Crippen molar-refractivity contribution in [1.29, 1.82) is 0 Å². The third-order valence-corrected chi connectivity index (χ3v) is 7.04. The van der Waals surface area contributed by atoms with Crippen LogP contribution in [0.5, 0.6) is 0 Å². The molecule has 20 heavy (non-hydrogen) atoms. The quantitative estimate of drug-likeness (QED) is 0.817. The highest BCUT2D eigenvalue weighted by Crippen LogP contribution is 2.31. The molecule has 0 unspecified atom stereocenters. The van der Waals surface area contributed by atoms with Crippen molar-refractivity contribution in [2.24, 2.45) is 0 Å². The number of benzene rings is 1. The molecule has 1 saturated heterocycles. The molecular weight excluding hydrogens is 338 g/mol. The number of rotatable bonds is 3. The first-order valence-corrected chi connectivity index (χ1v) is 9.39. The first-order chi connectivity index (χ1) is 9.37. The summed E-state index contributed by atoms with van der Waals surface area (Å²) in [5, 5.41) is 0. The summed E-state index contributed by atoms with van der Waals surface area (Å²) in [7, 11) is -3.39. The van der Waals surface area contributed by atoms with Crippen LogP contribution < -0.4 is 0 Å². The maximum Gasteiger partial charge on any atom is 0.243 e. The van der Waals surface area contributed by atoms with Gasteiger partial charge in [-0.25, -0.2) is 8.42 Å². The van der Waals surface area contributed by atoms with Gasteiger partial charge in [-0.15, -0.1) is 0 Å². The van der Waals surface area contributed by atoms with E-state index in [9.17, 15) is 8.42 Å². The predicted molar refractivity (Wildman–Crippen MR) is 85.4 cm³/mol. The largest absolute Gasteiger partial charge is 0.243 e. The zero-order valence-corrected chi connectivity index (χ0v) is 14.7. The summed E-state index contributed by atoms with van der Waals surface area (Å²) in [6.07, 6.45) is 3.94. The summed E-state index contributed by atoms with van der Waals surface area (Å²) in [5.41, 5.74) is 1.89. The lowest BCUT2D eigenvalue weighted by Crippen LogP contribution is -2.43. The molecule has 5 heteroatoms. The van der Waals surface area contributed by atoms with E-state index in [2.05, 4.69) is 22.9 Å². The monoisotopic (exact) mass is 359 g/mol. The lowest BCUT2D eigenvalue weighted by atomic mass is 10.0. The molecule has 112 valence electrons. The number of hydrogen-bond acceptors (Lipinski definition) is 2. The van der Waals surface area contributed by atoms with Crippen LogP contribution in [0.25, 0.3) is 0 Å². The molecule has 0 radical (unpaired) electrons. The molecule has 1 aromatic carbocycles. The van der Waals surface area contributed by atoms with Crippen LogP contribution in [0.2, 0.25) is 0 Å². The minimum atomic E-state index is -3.39. The van der Waals surface area contributed by atoms with Gasteiger partial charge in [-0.05, 0) is 50.3 Å². The van der Waals surface area contributed by atoms with Crippen molar-refractivity contribution in [2.45, 2.75) is 57.4 Å². The second-order valence-electron chi connectivity index (χ2n) is 5.54. The Kier molecular flexibility index (Phi) is 4.92. The van der Waals surface area contributed by atoms with Crippen molar-refractivity contribution in [3.05, 3.63) is 27.7 Å². The number of nitrogens with zero attached hydrogens (tertiary/aromatic N) is 1. The smallest absolute Gasteiger partial charge is 0.207 e. The normalized spacial score (nSPS) is 21.1. The molecule has 0 aromatic heterocycles. The van der Waals surface area contributed by atoms with Crippen LogP contribution in [0.3, 0.4) is 0 Å². The van der Waals surface area contributed by atoms with Crippen LogP contribution >= 0.6 is 15.9 Å². The van der Waals surface area contributed by atoms with Crippen molar-refractivity contribution in [1.82, 2.24) is 4.31 Å². The van der Waals surface area contributed by atoms with Gasteiger partial charge < -0.3 is 0 Å². The van der Waals surface area contributed by atoms with Crippen molar-refractivity contribution < 1.29 is 8.42 Å². The number of piperidine rings is 1. The molecule has 0 saturated carbocycles. The average molecular weight is 360 g/mol. The van der Waals surface area contributed by atoms with Gasteiger partial charge in [0.15, 0.2) is 0 Å². The van der Waals surface area contributed by atoms with Crippen LogP contribution in [-0.2, 0) is 10.0 Å². The molecule has 1 atom stereocenters. The molecule has 1 fully saturated rings. The van der Waals surface area contributed by atoms with E-state index in [0.717, 1.165) is 41.3 Å². The molecule has 0 N–H and O–H groups in total. The molecule has 0 spiro atoms. The van der Waals surface area contributed by atoms with Crippen LogP contribution in [0.1, 0.15) is 43.7 Å². The second-order valence-corrected chi connectivity index (χ2v) is 8.25. The van der Waals surface area contributed by atoms with Crippen LogP contribution in [-0.4, -0.2) is 25.3 Å². The Hall–Kier alpha value is -0.390. The van der Waals surface area contributed by atoms with E-state index in [0.29, 0.717) is 11.4 Å². The van der Waals surface area contributed by atoms with E-state index < -0.39 is 10.0 Å². The molecule has 1 aliphatic rings. The Balaban J connectivity index is 2.46. The summed E-state index contributed by atoms with van der Waals surface area (Å²) in [6.45, 7) is 6.56. The van der Waals surface area contributed by atoms with Gasteiger partial charge in [0.05, 0.1) is 4.90 Å². The third-order valence-electron chi connectivity index (χ3n) is 4.09. The zero-order valence-electron chi connectivity index (χ0n) is 12.3. The molecular formula is C15H22BrNO2S. The van der Waals surface area contributed by atoms with E-state index in [1.54, 1.807) is 10.4 Å². The van der Waals surface area contributed by atoms with Crippen molar-refractivity contribution in [2.75, 3.05) is 6.54 Å². The Morgan fingerprint density at radius 2 is 1.95 bits per heavy atom. The predicted octanol–water partition coefficient (Wildman–Crippen LogP) is 4.02. The van der Waals surface area contributed by atoms with Gasteiger partial charge in [0.2, 0.25) is 10.0 Å². The number of halogens is 1. The highest BCUT2D eigenvalue weighted by Gasteiger charge is 2.33. The van der Waals surface area contributed by atoms with E-state index >= 15 is 0 Å². The van der Waals surface area contributed by atoms with E-state index in [1.165, 1.54) is 0 Å².